The van der Waals surface area contributed by atoms with Gasteiger partial charge < -0.3 is 15.2 Å². The van der Waals surface area contributed by atoms with Crippen molar-refractivity contribution in [1.29, 1.82) is 0 Å². The summed E-state index contributed by atoms with van der Waals surface area (Å²) in [6, 6.07) is 4.06. The second-order valence-electron chi connectivity index (χ2n) is 5.22. The van der Waals surface area contributed by atoms with E-state index >= 15 is 0 Å². The number of hydrogen-bond donors (Lipinski definition) is 2. The van der Waals surface area contributed by atoms with Crippen molar-refractivity contribution in [1.82, 2.24) is 5.32 Å². The summed E-state index contributed by atoms with van der Waals surface area (Å²) in [5.74, 6) is 1.66. The van der Waals surface area contributed by atoms with Crippen LogP contribution in [-0.2, 0) is 11.3 Å². The molecule has 1 aromatic heterocycles. The second kappa shape index (κ2) is 7.24. The van der Waals surface area contributed by atoms with Crippen LogP contribution in [0.2, 0.25) is 0 Å². The topological polar surface area (TPSA) is 41.5 Å². The van der Waals surface area contributed by atoms with Gasteiger partial charge in [-0.3, -0.25) is 0 Å². The van der Waals surface area contributed by atoms with Gasteiger partial charge in [0.25, 0.3) is 0 Å². The number of thiophene rings is 1. The first-order valence-corrected chi connectivity index (χ1v) is 7.62. The van der Waals surface area contributed by atoms with Crippen molar-refractivity contribution >= 4 is 11.3 Å². The van der Waals surface area contributed by atoms with Crippen LogP contribution in [0, 0.1) is 11.8 Å². The molecule has 2 atom stereocenters. The van der Waals surface area contributed by atoms with E-state index in [1.165, 1.54) is 17.7 Å². The fraction of sp³-hybridized carbons (Fsp3) is 0.714. The summed E-state index contributed by atoms with van der Waals surface area (Å²) in [5.41, 5.74) is 0. The van der Waals surface area contributed by atoms with E-state index in [1.54, 1.807) is 11.3 Å². The monoisotopic (exact) mass is 269 g/mol. The lowest BCUT2D eigenvalue weighted by molar-refractivity contribution is 0.0295. The Morgan fingerprint density at radius 1 is 1.50 bits per heavy atom. The molecule has 2 rings (SSSR count). The standard InChI is InChI=1S/C14H23NO2S/c1-11(12-4-5-12)7-15-8-13(16)9-17-10-14-3-2-6-18-14/h2-3,6,11-13,15-16H,4-5,7-10H2,1H3. The maximum absolute atomic E-state index is 9.76. The Labute approximate surface area is 113 Å². The highest BCUT2D eigenvalue weighted by Gasteiger charge is 2.27. The minimum absolute atomic E-state index is 0.405. The van der Waals surface area contributed by atoms with Crippen LogP contribution in [0.3, 0.4) is 0 Å². The maximum Gasteiger partial charge on any atom is 0.0897 e. The van der Waals surface area contributed by atoms with Crippen LogP contribution in [0.25, 0.3) is 0 Å². The van der Waals surface area contributed by atoms with Crippen molar-refractivity contribution in [3.63, 3.8) is 0 Å². The third-order valence-electron chi connectivity index (χ3n) is 3.41. The number of hydrogen-bond acceptors (Lipinski definition) is 4. The molecule has 1 fully saturated rings. The van der Waals surface area contributed by atoms with Crippen LogP contribution in [0.15, 0.2) is 17.5 Å². The Kier molecular flexibility index (Phi) is 5.63. The zero-order chi connectivity index (χ0) is 12.8. The molecular weight excluding hydrogens is 246 g/mol. The molecule has 1 saturated carbocycles. The normalized spacial score (nSPS) is 18.8. The van der Waals surface area contributed by atoms with Crippen LogP contribution >= 0.6 is 11.3 Å². The predicted octanol–water partition coefficient (Wildman–Crippen LogP) is 2.26. The lowest BCUT2D eigenvalue weighted by Gasteiger charge is -2.15. The van der Waals surface area contributed by atoms with Gasteiger partial charge >= 0.3 is 0 Å². The fourth-order valence-electron chi connectivity index (χ4n) is 2.06. The summed E-state index contributed by atoms with van der Waals surface area (Å²) in [7, 11) is 0. The van der Waals surface area contributed by atoms with Gasteiger partial charge in [-0.25, -0.2) is 0 Å². The number of ether oxygens (including phenoxy) is 1. The summed E-state index contributed by atoms with van der Waals surface area (Å²) in [5, 5.41) is 15.1. The highest BCUT2D eigenvalue weighted by molar-refractivity contribution is 7.09. The molecule has 102 valence electrons. The van der Waals surface area contributed by atoms with E-state index in [0.717, 1.165) is 18.4 Å². The van der Waals surface area contributed by atoms with E-state index in [4.69, 9.17) is 4.74 Å². The zero-order valence-electron chi connectivity index (χ0n) is 11.0. The van der Waals surface area contributed by atoms with E-state index in [1.807, 2.05) is 17.5 Å². The van der Waals surface area contributed by atoms with Crippen LogP contribution in [0.4, 0.5) is 0 Å². The lowest BCUT2D eigenvalue weighted by atomic mass is 10.1. The summed E-state index contributed by atoms with van der Waals surface area (Å²) < 4.78 is 5.48. The van der Waals surface area contributed by atoms with Gasteiger partial charge in [-0.1, -0.05) is 13.0 Å². The van der Waals surface area contributed by atoms with Crippen LogP contribution in [-0.4, -0.2) is 30.9 Å². The van der Waals surface area contributed by atoms with Crippen molar-refractivity contribution in [2.24, 2.45) is 11.8 Å². The molecule has 0 bridgehead atoms. The Morgan fingerprint density at radius 2 is 2.33 bits per heavy atom. The van der Waals surface area contributed by atoms with E-state index in [0.29, 0.717) is 19.8 Å². The average Bonchev–Trinajstić information content (AvgIpc) is 3.08. The summed E-state index contributed by atoms with van der Waals surface area (Å²) in [6.45, 7) is 4.93. The van der Waals surface area contributed by atoms with Gasteiger partial charge in [0.15, 0.2) is 0 Å². The number of aliphatic hydroxyl groups excluding tert-OH is 1. The van der Waals surface area contributed by atoms with Crippen molar-refractivity contribution in [2.75, 3.05) is 19.7 Å². The molecule has 0 aromatic carbocycles. The van der Waals surface area contributed by atoms with Gasteiger partial charge in [-0.2, -0.15) is 0 Å². The fourth-order valence-corrected chi connectivity index (χ4v) is 2.70. The van der Waals surface area contributed by atoms with E-state index < -0.39 is 6.10 Å². The molecule has 2 unspecified atom stereocenters. The molecule has 1 heterocycles. The van der Waals surface area contributed by atoms with E-state index in [9.17, 15) is 5.11 Å². The van der Waals surface area contributed by atoms with E-state index in [-0.39, 0.29) is 0 Å². The summed E-state index contributed by atoms with van der Waals surface area (Å²) >= 11 is 1.68. The predicted molar refractivity (Wildman–Crippen MR) is 74.7 cm³/mol. The zero-order valence-corrected chi connectivity index (χ0v) is 11.8. The van der Waals surface area contributed by atoms with Gasteiger partial charge in [-0.05, 0) is 42.7 Å². The number of rotatable bonds is 9. The first kappa shape index (κ1) is 14.0. The third-order valence-corrected chi connectivity index (χ3v) is 4.26. The largest absolute Gasteiger partial charge is 0.389 e. The third kappa shape index (κ3) is 5.06. The summed E-state index contributed by atoms with van der Waals surface area (Å²) in [6.07, 6.45) is 2.36. The van der Waals surface area contributed by atoms with Gasteiger partial charge in [-0.15, -0.1) is 11.3 Å². The summed E-state index contributed by atoms with van der Waals surface area (Å²) in [4.78, 5) is 1.21. The minimum Gasteiger partial charge on any atom is -0.389 e. The highest BCUT2D eigenvalue weighted by atomic mass is 32.1. The second-order valence-corrected chi connectivity index (χ2v) is 6.25. The number of nitrogens with one attached hydrogen (secondary N) is 1. The molecule has 2 N–H and O–H groups in total. The SMILES string of the molecule is CC(CNCC(O)COCc1cccs1)C1CC1. The van der Waals surface area contributed by atoms with Crippen LogP contribution in [0.1, 0.15) is 24.6 Å². The average molecular weight is 269 g/mol. The first-order valence-electron chi connectivity index (χ1n) is 6.74. The molecular formula is C14H23NO2S. The van der Waals surface area contributed by atoms with Crippen molar-refractivity contribution < 1.29 is 9.84 Å². The molecule has 4 heteroatoms. The first-order chi connectivity index (χ1) is 8.75. The van der Waals surface area contributed by atoms with Crippen molar-refractivity contribution in [2.45, 2.75) is 32.5 Å². The van der Waals surface area contributed by atoms with Gasteiger partial charge in [0.2, 0.25) is 0 Å². The van der Waals surface area contributed by atoms with Crippen molar-refractivity contribution in [3.8, 4) is 0 Å². The minimum atomic E-state index is -0.406. The Hall–Kier alpha value is -0.420. The molecule has 0 radical (unpaired) electrons. The molecule has 1 aliphatic rings. The van der Waals surface area contributed by atoms with Crippen molar-refractivity contribution in [3.05, 3.63) is 22.4 Å². The molecule has 0 spiro atoms. The Bertz CT molecular complexity index is 325. The van der Waals surface area contributed by atoms with Crippen LogP contribution in [0.5, 0.6) is 0 Å². The molecule has 3 nitrogen and oxygen atoms in total. The quantitative estimate of drug-likeness (QED) is 0.722. The molecule has 1 aliphatic carbocycles. The molecule has 1 aromatic rings. The lowest BCUT2D eigenvalue weighted by Crippen LogP contribution is -2.33. The van der Waals surface area contributed by atoms with Gasteiger partial charge in [0.1, 0.15) is 0 Å². The molecule has 0 saturated heterocycles. The van der Waals surface area contributed by atoms with Gasteiger partial charge in [0, 0.05) is 11.4 Å². The Balaban J connectivity index is 1.48. The molecule has 18 heavy (non-hydrogen) atoms. The van der Waals surface area contributed by atoms with E-state index in [2.05, 4.69) is 12.2 Å². The van der Waals surface area contributed by atoms with Crippen LogP contribution < -0.4 is 5.32 Å². The Morgan fingerprint density at radius 3 is 3.00 bits per heavy atom. The molecule has 0 aliphatic heterocycles. The highest BCUT2D eigenvalue weighted by Crippen LogP contribution is 2.35. The number of aliphatic hydroxyl groups is 1. The molecule has 0 amide bonds. The van der Waals surface area contributed by atoms with Gasteiger partial charge in [0.05, 0.1) is 19.3 Å². The maximum atomic E-state index is 9.76. The smallest absolute Gasteiger partial charge is 0.0897 e.